The maximum absolute atomic E-state index is 13.4. The fraction of sp³-hybridized carbons (Fsp3) is 0.739. The fourth-order valence-corrected chi connectivity index (χ4v) is 6.45. The van der Waals surface area contributed by atoms with Crippen molar-refractivity contribution in [1.29, 1.82) is 0 Å². The summed E-state index contributed by atoms with van der Waals surface area (Å²) in [5, 5.41) is 12.9. The summed E-state index contributed by atoms with van der Waals surface area (Å²) >= 11 is 3.09. The Morgan fingerprint density at radius 3 is 1.97 bits per heavy atom. The Morgan fingerprint density at radius 1 is 1.00 bits per heavy atom. The van der Waals surface area contributed by atoms with E-state index in [4.69, 9.17) is 5.11 Å². The maximum atomic E-state index is 13.4. The molecule has 2 saturated carbocycles. The molecule has 0 spiro atoms. The van der Waals surface area contributed by atoms with Gasteiger partial charge in [0.05, 0.1) is 11.4 Å². The molecule has 0 radical (unpaired) electrons. The number of nitrogens with zero attached hydrogens (tertiary/aromatic N) is 1. The lowest BCUT2D eigenvalue weighted by molar-refractivity contribution is -0.136. The largest absolute Gasteiger partial charge is 0.481 e. The molecule has 0 unspecified atom stereocenters. The van der Waals surface area contributed by atoms with Gasteiger partial charge in [-0.25, -0.2) is 4.79 Å². The Hall–Kier alpha value is -1.08. The summed E-state index contributed by atoms with van der Waals surface area (Å²) in [6, 6.07) is 0.758. The number of allylic oxidation sites excluding steroid dienone is 2. The fourth-order valence-electron chi connectivity index (χ4n) is 4.28. The van der Waals surface area contributed by atoms with Crippen LogP contribution in [0.5, 0.6) is 0 Å². The van der Waals surface area contributed by atoms with E-state index in [2.05, 4.69) is 10.2 Å². The van der Waals surface area contributed by atoms with Crippen LogP contribution in [0.1, 0.15) is 91.4 Å². The number of urea groups is 1. The maximum Gasteiger partial charge on any atom is 0.322 e. The molecule has 0 aromatic carbocycles. The van der Waals surface area contributed by atoms with Crippen LogP contribution in [0.2, 0.25) is 0 Å². The highest BCUT2D eigenvalue weighted by Crippen LogP contribution is 2.37. The van der Waals surface area contributed by atoms with Crippen molar-refractivity contribution in [3.63, 3.8) is 0 Å². The quantitative estimate of drug-likeness (QED) is 0.405. The molecule has 0 saturated heterocycles. The number of thioether (sulfide) groups is 2. The van der Waals surface area contributed by atoms with Gasteiger partial charge in [-0.1, -0.05) is 61.9 Å². The van der Waals surface area contributed by atoms with Gasteiger partial charge in [-0.2, -0.15) is 0 Å². The zero-order valence-corrected chi connectivity index (χ0v) is 20.4. The molecule has 2 aliphatic rings. The van der Waals surface area contributed by atoms with Crippen molar-refractivity contribution in [2.24, 2.45) is 0 Å². The Labute approximate surface area is 190 Å². The van der Waals surface area contributed by atoms with Crippen molar-refractivity contribution in [2.45, 2.75) is 103 Å². The molecule has 2 aliphatic carbocycles. The normalized spacial score (nSPS) is 18.7. The predicted octanol–water partition coefficient (Wildman–Crippen LogP) is 6.72. The lowest BCUT2D eigenvalue weighted by Gasteiger charge is -2.41. The zero-order chi connectivity index (χ0) is 21.9. The van der Waals surface area contributed by atoms with Crippen LogP contribution >= 0.6 is 23.5 Å². The molecule has 2 N–H and O–H groups in total. The smallest absolute Gasteiger partial charge is 0.322 e. The molecule has 5 nitrogen and oxygen atoms in total. The molecular weight excluding hydrogens is 416 g/mol. The Morgan fingerprint density at radius 2 is 1.53 bits per heavy atom. The summed E-state index contributed by atoms with van der Waals surface area (Å²) in [4.78, 5) is 26.4. The van der Waals surface area contributed by atoms with E-state index >= 15 is 0 Å². The first-order valence-corrected chi connectivity index (χ1v) is 13.2. The van der Waals surface area contributed by atoms with Crippen LogP contribution in [-0.2, 0) is 4.79 Å². The van der Waals surface area contributed by atoms with Crippen molar-refractivity contribution >= 4 is 35.5 Å². The summed E-state index contributed by atoms with van der Waals surface area (Å²) in [5.41, 5.74) is 1.14. The number of carboxylic acids is 1. The molecule has 7 heteroatoms. The van der Waals surface area contributed by atoms with Crippen molar-refractivity contribution in [3.8, 4) is 0 Å². The Balaban J connectivity index is 2.05. The van der Waals surface area contributed by atoms with Gasteiger partial charge < -0.3 is 15.3 Å². The third-order valence-corrected chi connectivity index (χ3v) is 8.66. The van der Waals surface area contributed by atoms with E-state index < -0.39 is 5.97 Å². The highest BCUT2D eigenvalue weighted by atomic mass is 32.2. The van der Waals surface area contributed by atoms with Crippen LogP contribution in [0.25, 0.3) is 0 Å². The number of hydrogen-bond acceptors (Lipinski definition) is 4. The summed E-state index contributed by atoms with van der Waals surface area (Å²) in [6.07, 6.45) is 14.0. The van der Waals surface area contributed by atoms with Crippen molar-refractivity contribution < 1.29 is 14.7 Å². The molecule has 0 aromatic heterocycles. The summed E-state index contributed by atoms with van der Waals surface area (Å²) in [7, 11) is 0. The van der Waals surface area contributed by atoms with Gasteiger partial charge in [0, 0.05) is 22.1 Å². The van der Waals surface area contributed by atoms with Crippen molar-refractivity contribution in [2.75, 3.05) is 5.75 Å². The molecule has 0 heterocycles. The van der Waals surface area contributed by atoms with E-state index in [1.54, 1.807) is 23.5 Å². The Kier molecular flexibility index (Phi) is 11.2. The average Bonchev–Trinajstić information content (AvgIpc) is 2.73. The molecule has 0 atom stereocenters. The van der Waals surface area contributed by atoms with Gasteiger partial charge in [0.25, 0.3) is 0 Å². The second kappa shape index (κ2) is 13.4. The summed E-state index contributed by atoms with van der Waals surface area (Å²) in [5.74, 6) is -0.250. The minimum absolute atomic E-state index is 0.0399. The van der Waals surface area contributed by atoms with Crippen molar-refractivity contribution in [1.82, 2.24) is 10.2 Å². The number of nitrogens with one attached hydrogen (secondary N) is 1. The van der Waals surface area contributed by atoms with E-state index in [1.807, 2.05) is 26.8 Å². The molecule has 170 valence electrons. The molecule has 2 amide bonds. The van der Waals surface area contributed by atoms with Gasteiger partial charge in [-0.3, -0.25) is 4.79 Å². The first-order valence-electron chi connectivity index (χ1n) is 11.4. The van der Waals surface area contributed by atoms with Crippen LogP contribution in [-0.4, -0.2) is 39.8 Å². The van der Waals surface area contributed by atoms with E-state index in [9.17, 15) is 9.59 Å². The highest BCUT2D eigenvalue weighted by molar-refractivity contribution is 8.24. The van der Waals surface area contributed by atoms with Gasteiger partial charge in [0.1, 0.15) is 0 Å². The van der Waals surface area contributed by atoms with Gasteiger partial charge in [0.15, 0.2) is 0 Å². The minimum atomic E-state index is -0.782. The third kappa shape index (κ3) is 8.22. The van der Waals surface area contributed by atoms with Crippen LogP contribution < -0.4 is 5.32 Å². The third-order valence-electron chi connectivity index (χ3n) is 5.82. The van der Waals surface area contributed by atoms with Gasteiger partial charge in [-0.15, -0.1) is 11.8 Å². The highest BCUT2D eigenvalue weighted by Gasteiger charge is 2.32. The summed E-state index contributed by atoms with van der Waals surface area (Å²) in [6.45, 7) is 6.00. The number of hydrogen-bond donors (Lipinski definition) is 2. The molecule has 2 rings (SSSR count). The number of carbonyl (C=O) groups excluding carboxylic acids is 1. The number of carbonyl (C=O) groups is 2. The predicted molar refractivity (Wildman–Crippen MR) is 129 cm³/mol. The Bertz CT molecular complexity index is 614. The van der Waals surface area contributed by atoms with Gasteiger partial charge in [0.2, 0.25) is 0 Å². The second-order valence-corrected chi connectivity index (χ2v) is 10.9. The van der Waals surface area contributed by atoms with Crippen LogP contribution in [0.3, 0.4) is 0 Å². The number of rotatable bonds is 9. The number of amides is 2. The first-order chi connectivity index (χ1) is 14.4. The van der Waals surface area contributed by atoms with E-state index in [0.29, 0.717) is 17.8 Å². The molecular formula is C23H38N2O3S2. The van der Waals surface area contributed by atoms with Crippen LogP contribution in [0.15, 0.2) is 20.9 Å². The minimum Gasteiger partial charge on any atom is -0.481 e. The van der Waals surface area contributed by atoms with E-state index in [-0.39, 0.29) is 12.5 Å². The molecule has 2 fully saturated rings. The van der Waals surface area contributed by atoms with E-state index in [0.717, 1.165) is 40.5 Å². The van der Waals surface area contributed by atoms with Gasteiger partial charge >= 0.3 is 12.0 Å². The molecule has 0 aromatic rings. The molecule has 0 aliphatic heterocycles. The number of aliphatic carboxylic acids is 1. The van der Waals surface area contributed by atoms with Gasteiger partial charge in [-0.05, 0) is 46.5 Å². The standard InChI is InChI=1S/C23H38N2O3S2/c1-4-20(30-22(17(2)3)29-16-15-21(26)27)24-23(28)25(18-11-7-5-8-12-18)19-13-9-6-10-14-19/h4,18-19H,5-16H2,1-3H3,(H,24,28)(H,26,27)/b20-4-. The first kappa shape index (κ1) is 25.2. The summed E-state index contributed by atoms with van der Waals surface area (Å²) < 4.78 is 1.06. The lowest BCUT2D eigenvalue weighted by Crippen LogP contribution is -2.52. The van der Waals surface area contributed by atoms with Crippen LogP contribution in [0, 0.1) is 0 Å². The van der Waals surface area contributed by atoms with E-state index in [1.165, 1.54) is 38.5 Å². The topological polar surface area (TPSA) is 69.6 Å². The second-order valence-electron chi connectivity index (χ2n) is 8.46. The van der Waals surface area contributed by atoms with Crippen LogP contribution in [0.4, 0.5) is 4.79 Å². The molecule has 0 bridgehead atoms. The average molecular weight is 455 g/mol. The zero-order valence-electron chi connectivity index (χ0n) is 18.7. The molecule has 30 heavy (non-hydrogen) atoms. The number of carboxylic acid groups (broad SMARTS) is 1. The monoisotopic (exact) mass is 454 g/mol. The SMILES string of the molecule is C/C=C(/NC(=O)N(C1CCCCC1)C1CCCCC1)SC(SCCC(=O)O)=C(C)C. The van der Waals surface area contributed by atoms with Crippen molar-refractivity contribution in [3.05, 3.63) is 20.9 Å². The lowest BCUT2D eigenvalue weighted by atomic mass is 9.89.